The van der Waals surface area contributed by atoms with Crippen LogP contribution in [0.5, 0.6) is 0 Å². The summed E-state index contributed by atoms with van der Waals surface area (Å²) >= 11 is 0. The lowest BCUT2D eigenvalue weighted by Crippen LogP contribution is -2.52. The maximum Gasteiger partial charge on any atom is 0.312 e. The summed E-state index contributed by atoms with van der Waals surface area (Å²) in [5, 5.41) is 2.69. The number of amides is 3. The number of piperidine rings is 1. The van der Waals surface area contributed by atoms with Crippen LogP contribution in [0.15, 0.2) is 0 Å². The smallest absolute Gasteiger partial charge is 0.312 e. The molecule has 18 heavy (non-hydrogen) atoms. The fraction of sp³-hybridized carbons (Fsp3) is 0.833. The fourth-order valence-electron chi connectivity index (χ4n) is 2.70. The number of nitrogens with two attached hydrogens (primary N) is 1. The highest BCUT2D eigenvalue weighted by Crippen LogP contribution is 2.20. The summed E-state index contributed by atoms with van der Waals surface area (Å²) in [6.45, 7) is 2.71. The van der Waals surface area contributed by atoms with Crippen LogP contribution in [-0.4, -0.2) is 49.2 Å². The summed E-state index contributed by atoms with van der Waals surface area (Å²) in [4.78, 5) is 25.0. The molecule has 0 aromatic heterocycles. The maximum absolute atomic E-state index is 12.3. The number of rotatable bonds is 2. The molecule has 2 fully saturated rings. The van der Waals surface area contributed by atoms with Gasteiger partial charge in [0.2, 0.25) is 5.91 Å². The first kappa shape index (κ1) is 13.1. The normalized spacial score (nSPS) is 25.8. The van der Waals surface area contributed by atoms with Crippen molar-refractivity contribution in [3.05, 3.63) is 0 Å². The van der Waals surface area contributed by atoms with E-state index in [1.165, 1.54) is 0 Å². The number of nitrogens with one attached hydrogen (secondary N) is 1. The lowest BCUT2D eigenvalue weighted by Gasteiger charge is -2.35. The molecule has 0 aromatic rings. The Morgan fingerprint density at radius 2 is 1.94 bits per heavy atom. The van der Waals surface area contributed by atoms with Crippen molar-refractivity contribution >= 4 is 11.9 Å². The molecule has 2 aliphatic rings. The highest BCUT2D eigenvalue weighted by molar-refractivity contribution is 5.79. The van der Waals surface area contributed by atoms with Crippen molar-refractivity contribution in [2.45, 2.75) is 31.7 Å². The monoisotopic (exact) mass is 255 g/mol. The molecule has 1 atom stereocenters. The molecule has 0 radical (unpaired) electrons. The van der Waals surface area contributed by atoms with Gasteiger partial charge in [-0.3, -0.25) is 4.79 Å². The van der Waals surface area contributed by atoms with Gasteiger partial charge in [0.15, 0.2) is 0 Å². The zero-order chi connectivity index (χ0) is 13.0. The predicted octanol–water partition coefficient (Wildman–Crippen LogP) is 0.0723. The van der Waals surface area contributed by atoms with Gasteiger partial charge in [0.1, 0.15) is 0 Å². The van der Waals surface area contributed by atoms with E-state index in [-0.39, 0.29) is 17.9 Å². The molecule has 0 aromatic carbocycles. The van der Waals surface area contributed by atoms with Gasteiger partial charge in [-0.15, -0.1) is 0 Å². The van der Waals surface area contributed by atoms with Crippen LogP contribution >= 0.6 is 0 Å². The first-order chi connectivity index (χ1) is 8.66. The molecule has 3 N–H and O–H groups in total. The summed E-state index contributed by atoms with van der Waals surface area (Å²) in [6, 6.07) is -0.514. The van der Waals surface area contributed by atoms with Gasteiger partial charge in [0.05, 0.1) is 0 Å². The van der Waals surface area contributed by atoms with Crippen LogP contribution in [0.4, 0.5) is 4.79 Å². The van der Waals surface area contributed by atoms with Crippen molar-refractivity contribution in [3.8, 4) is 0 Å². The second-order valence-corrected chi connectivity index (χ2v) is 5.02. The molecule has 102 valence electrons. The second kappa shape index (κ2) is 6.04. The van der Waals surface area contributed by atoms with Crippen molar-refractivity contribution in [2.24, 2.45) is 11.7 Å². The van der Waals surface area contributed by atoms with E-state index in [4.69, 9.17) is 10.5 Å². The molecule has 0 saturated carbocycles. The third kappa shape index (κ3) is 3.35. The highest BCUT2D eigenvalue weighted by Gasteiger charge is 2.30. The Labute approximate surface area is 107 Å². The van der Waals surface area contributed by atoms with Crippen LogP contribution in [0.1, 0.15) is 25.7 Å². The summed E-state index contributed by atoms with van der Waals surface area (Å²) in [6.07, 6.45) is 3.42. The van der Waals surface area contributed by atoms with Gasteiger partial charge < -0.3 is 20.7 Å². The molecule has 2 aliphatic heterocycles. The molecule has 2 heterocycles. The molecule has 0 aliphatic carbocycles. The molecule has 3 amide bonds. The quantitative estimate of drug-likeness (QED) is 0.732. The van der Waals surface area contributed by atoms with Gasteiger partial charge in [-0.2, -0.15) is 0 Å². The minimum Gasteiger partial charge on any atom is -0.381 e. The number of nitrogens with zero attached hydrogens (tertiary/aromatic N) is 1. The fourth-order valence-corrected chi connectivity index (χ4v) is 2.70. The Morgan fingerprint density at radius 1 is 1.22 bits per heavy atom. The summed E-state index contributed by atoms with van der Waals surface area (Å²) in [5.41, 5.74) is 5.12. The minimum absolute atomic E-state index is 0.0000376. The number of urea groups is 1. The molecule has 6 nitrogen and oxygen atoms in total. The Morgan fingerprint density at radius 3 is 2.61 bits per heavy atom. The van der Waals surface area contributed by atoms with Crippen LogP contribution in [-0.2, 0) is 9.53 Å². The molecular formula is C12H21N3O3. The highest BCUT2D eigenvalue weighted by atomic mass is 16.5. The summed E-state index contributed by atoms with van der Waals surface area (Å²) in [7, 11) is 0. The van der Waals surface area contributed by atoms with E-state index in [1.807, 2.05) is 4.90 Å². The third-order valence-corrected chi connectivity index (χ3v) is 3.65. The lowest BCUT2D eigenvalue weighted by molar-refractivity contribution is -0.139. The Hall–Kier alpha value is -1.30. The number of hydrogen-bond acceptors (Lipinski definition) is 3. The third-order valence-electron chi connectivity index (χ3n) is 3.65. The number of primary amides is 1. The first-order valence-electron chi connectivity index (χ1n) is 6.59. The number of carbonyl (C=O) groups is 2. The van der Waals surface area contributed by atoms with Crippen LogP contribution in [0.2, 0.25) is 0 Å². The molecule has 0 unspecified atom stereocenters. The molecule has 0 spiro atoms. The first-order valence-corrected chi connectivity index (χ1v) is 6.59. The van der Waals surface area contributed by atoms with Gasteiger partial charge in [-0.25, -0.2) is 4.79 Å². The van der Waals surface area contributed by atoms with Crippen molar-refractivity contribution in [1.29, 1.82) is 0 Å². The summed E-state index contributed by atoms with van der Waals surface area (Å²) < 4.78 is 5.27. The number of carbonyl (C=O) groups excluding carboxylic acids is 2. The number of hydrogen-bond donors (Lipinski definition) is 2. The standard InChI is InChI=1S/C12H21N3O3/c13-12(17)14-10-2-1-5-15(8-10)11(16)9-3-6-18-7-4-9/h9-10H,1-8H2,(H3,13,14,17)/t10-/m1/s1. The second-order valence-electron chi connectivity index (χ2n) is 5.02. The topological polar surface area (TPSA) is 84.7 Å². The summed E-state index contributed by atoms with van der Waals surface area (Å²) in [5.74, 6) is 0.292. The predicted molar refractivity (Wildman–Crippen MR) is 65.9 cm³/mol. The zero-order valence-corrected chi connectivity index (χ0v) is 10.6. The van der Waals surface area contributed by atoms with E-state index in [2.05, 4.69) is 5.32 Å². The average Bonchev–Trinajstić information content (AvgIpc) is 2.38. The van der Waals surface area contributed by atoms with Crippen LogP contribution in [0.3, 0.4) is 0 Å². The van der Waals surface area contributed by atoms with Gasteiger partial charge >= 0.3 is 6.03 Å². The van der Waals surface area contributed by atoms with Gasteiger partial charge in [-0.1, -0.05) is 0 Å². The van der Waals surface area contributed by atoms with E-state index >= 15 is 0 Å². The largest absolute Gasteiger partial charge is 0.381 e. The van der Waals surface area contributed by atoms with Crippen molar-refractivity contribution in [1.82, 2.24) is 10.2 Å². The SMILES string of the molecule is NC(=O)N[C@@H]1CCCN(C(=O)C2CCOCC2)C1. The molecule has 2 rings (SSSR count). The van der Waals surface area contributed by atoms with Crippen LogP contribution in [0.25, 0.3) is 0 Å². The average molecular weight is 255 g/mol. The maximum atomic E-state index is 12.3. The number of likely N-dealkylation sites (tertiary alicyclic amines) is 1. The van der Waals surface area contributed by atoms with Crippen LogP contribution < -0.4 is 11.1 Å². The Bertz CT molecular complexity index is 316. The van der Waals surface area contributed by atoms with Gasteiger partial charge in [-0.05, 0) is 25.7 Å². The van der Waals surface area contributed by atoms with E-state index < -0.39 is 6.03 Å². The minimum atomic E-state index is -0.514. The molecule has 2 saturated heterocycles. The van der Waals surface area contributed by atoms with E-state index in [1.54, 1.807) is 0 Å². The lowest BCUT2D eigenvalue weighted by atomic mass is 9.96. The Kier molecular flexibility index (Phi) is 4.41. The van der Waals surface area contributed by atoms with Crippen molar-refractivity contribution < 1.29 is 14.3 Å². The van der Waals surface area contributed by atoms with E-state index in [0.717, 1.165) is 32.2 Å². The zero-order valence-electron chi connectivity index (χ0n) is 10.6. The van der Waals surface area contributed by atoms with Gasteiger partial charge in [0, 0.05) is 38.3 Å². The van der Waals surface area contributed by atoms with Crippen molar-refractivity contribution in [3.63, 3.8) is 0 Å². The molecule has 6 heteroatoms. The van der Waals surface area contributed by atoms with Gasteiger partial charge in [0.25, 0.3) is 0 Å². The molecular weight excluding hydrogens is 234 g/mol. The van der Waals surface area contributed by atoms with Crippen molar-refractivity contribution in [2.75, 3.05) is 26.3 Å². The van der Waals surface area contributed by atoms with E-state index in [0.29, 0.717) is 19.8 Å². The number of ether oxygens (including phenoxy) is 1. The van der Waals surface area contributed by atoms with Crippen LogP contribution in [0, 0.1) is 5.92 Å². The Balaban J connectivity index is 1.87. The van der Waals surface area contributed by atoms with E-state index in [9.17, 15) is 9.59 Å². The molecule has 0 bridgehead atoms.